The molecule has 5 rings (SSSR count). The van der Waals surface area contributed by atoms with Gasteiger partial charge in [0, 0.05) is 6.07 Å². The predicted molar refractivity (Wildman–Crippen MR) is 131 cm³/mol. The molecule has 0 radical (unpaired) electrons. The molecule has 3 atom stereocenters. The average molecular weight is 499 g/mol. The maximum atomic E-state index is 13.2. The molecule has 2 aliphatic rings. The number of nitro groups is 1. The molecule has 0 aromatic heterocycles. The highest BCUT2D eigenvalue weighted by Gasteiger charge is 2.58. The maximum absolute atomic E-state index is 13.2. The zero-order valence-corrected chi connectivity index (χ0v) is 19.4. The van der Waals surface area contributed by atoms with Crippen LogP contribution in [-0.2, 0) is 9.53 Å². The second-order valence-electron chi connectivity index (χ2n) is 8.41. The number of hydrogen-bond donors (Lipinski definition) is 0. The zero-order valence-electron chi connectivity index (χ0n) is 19.4. The molecule has 0 saturated carbocycles. The van der Waals surface area contributed by atoms with Crippen LogP contribution in [0.4, 0.5) is 15.3 Å². The number of imide groups is 1. The van der Waals surface area contributed by atoms with Crippen LogP contribution in [0.25, 0.3) is 6.08 Å². The van der Waals surface area contributed by atoms with Gasteiger partial charge in [-0.3, -0.25) is 19.8 Å². The standard InChI is InChI=1S/C27H21N3O7/c31-25-21(16-15-19-11-7-8-14-22(19)30(34)35)24(29(25)27(33)37-20-12-5-2-6-13-20)28-23(17-36-26(28)32)18-9-3-1-4-10-18/h1-16,21,23-24H,17H2/t21-,23?,24-/m1/s1. The Bertz CT molecular complexity index is 1380. The van der Waals surface area contributed by atoms with Crippen molar-refractivity contribution in [1.29, 1.82) is 0 Å². The highest BCUT2D eigenvalue weighted by molar-refractivity contribution is 6.02. The van der Waals surface area contributed by atoms with Gasteiger partial charge in [-0.2, -0.15) is 0 Å². The Morgan fingerprint density at radius 2 is 1.62 bits per heavy atom. The summed E-state index contributed by atoms with van der Waals surface area (Å²) in [4.78, 5) is 52.3. The van der Waals surface area contributed by atoms with E-state index in [-0.39, 0.29) is 23.6 Å². The number of ether oxygens (including phenoxy) is 2. The lowest BCUT2D eigenvalue weighted by Gasteiger charge is -2.48. The van der Waals surface area contributed by atoms with Gasteiger partial charge >= 0.3 is 12.2 Å². The molecular weight excluding hydrogens is 478 g/mol. The Labute approximate surface area is 211 Å². The summed E-state index contributed by atoms with van der Waals surface area (Å²) in [5.74, 6) is -1.33. The summed E-state index contributed by atoms with van der Waals surface area (Å²) in [7, 11) is 0. The van der Waals surface area contributed by atoms with E-state index in [9.17, 15) is 24.5 Å². The van der Waals surface area contributed by atoms with Crippen molar-refractivity contribution in [3.63, 3.8) is 0 Å². The van der Waals surface area contributed by atoms with Crippen LogP contribution in [0.3, 0.4) is 0 Å². The number of nitro benzene ring substituents is 1. The van der Waals surface area contributed by atoms with E-state index in [0.29, 0.717) is 0 Å². The lowest BCUT2D eigenvalue weighted by molar-refractivity contribution is -0.385. The van der Waals surface area contributed by atoms with E-state index in [0.717, 1.165) is 10.5 Å². The van der Waals surface area contributed by atoms with E-state index in [2.05, 4.69) is 0 Å². The number of rotatable bonds is 6. The minimum atomic E-state index is -1.05. The van der Waals surface area contributed by atoms with E-state index in [4.69, 9.17) is 9.47 Å². The van der Waals surface area contributed by atoms with Gasteiger partial charge in [0.05, 0.1) is 22.4 Å². The van der Waals surface area contributed by atoms with E-state index in [1.54, 1.807) is 48.5 Å². The Balaban J connectivity index is 1.50. The fraction of sp³-hybridized carbons (Fsp3) is 0.148. The van der Waals surface area contributed by atoms with Crippen molar-refractivity contribution in [3.8, 4) is 5.75 Å². The van der Waals surface area contributed by atoms with Crippen LogP contribution in [-0.4, -0.2) is 45.6 Å². The van der Waals surface area contributed by atoms with Gasteiger partial charge in [-0.15, -0.1) is 0 Å². The quantitative estimate of drug-likeness (QED) is 0.272. The summed E-state index contributed by atoms with van der Waals surface area (Å²) < 4.78 is 10.7. The summed E-state index contributed by atoms with van der Waals surface area (Å²) in [5, 5.41) is 11.4. The molecule has 0 bridgehead atoms. The number of carbonyl (C=O) groups is 3. The third-order valence-electron chi connectivity index (χ3n) is 6.25. The summed E-state index contributed by atoms with van der Waals surface area (Å²) >= 11 is 0. The second kappa shape index (κ2) is 9.94. The van der Waals surface area contributed by atoms with Gasteiger partial charge < -0.3 is 9.47 Å². The van der Waals surface area contributed by atoms with Crippen molar-refractivity contribution in [2.24, 2.45) is 5.92 Å². The molecule has 2 saturated heterocycles. The van der Waals surface area contributed by atoms with Crippen molar-refractivity contribution in [2.75, 3.05) is 6.61 Å². The molecule has 186 valence electrons. The highest BCUT2D eigenvalue weighted by atomic mass is 16.6. The van der Waals surface area contributed by atoms with E-state index >= 15 is 0 Å². The number of benzene rings is 3. The first-order chi connectivity index (χ1) is 18.0. The number of cyclic esters (lactones) is 1. The average Bonchev–Trinajstić information content (AvgIpc) is 3.28. The lowest BCUT2D eigenvalue weighted by Crippen LogP contribution is -2.69. The van der Waals surface area contributed by atoms with Gasteiger partial charge in [0.1, 0.15) is 18.5 Å². The molecule has 10 nitrogen and oxygen atoms in total. The van der Waals surface area contributed by atoms with Gasteiger partial charge in [0.2, 0.25) is 5.91 Å². The molecular formula is C27H21N3O7. The monoisotopic (exact) mass is 499 g/mol. The van der Waals surface area contributed by atoms with E-state index in [1.807, 2.05) is 30.3 Å². The normalized spacial score (nSPS) is 21.0. The minimum absolute atomic E-state index is 0.0374. The molecule has 37 heavy (non-hydrogen) atoms. The summed E-state index contributed by atoms with van der Waals surface area (Å²) in [6, 6.07) is 22.9. The Morgan fingerprint density at radius 3 is 2.32 bits per heavy atom. The van der Waals surface area contributed by atoms with Gasteiger partial charge in [-0.05, 0) is 23.8 Å². The fourth-order valence-electron chi connectivity index (χ4n) is 4.47. The van der Waals surface area contributed by atoms with Crippen LogP contribution in [0.5, 0.6) is 5.75 Å². The molecule has 10 heteroatoms. The number of β-lactam (4-membered cyclic amide) rings is 1. The van der Waals surface area contributed by atoms with Gasteiger partial charge in [-0.25, -0.2) is 14.5 Å². The molecule has 0 aliphatic carbocycles. The summed E-state index contributed by atoms with van der Waals surface area (Å²) in [6.07, 6.45) is 0.237. The van der Waals surface area contributed by atoms with Crippen molar-refractivity contribution >= 4 is 29.9 Å². The largest absolute Gasteiger partial charge is 0.447 e. The molecule has 0 N–H and O–H groups in total. The molecule has 0 spiro atoms. The number of carbonyl (C=O) groups excluding carboxylic acids is 3. The predicted octanol–water partition coefficient (Wildman–Crippen LogP) is 4.79. The van der Waals surface area contributed by atoms with Crippen LogP contribution < -0.4 is 4.74 Å². The number of nitrogens with zero attached hydrogens (tertiary/aromatic N) is 3. The van der Waals surface area contributed by atoms with Gasteiger partial charge in [0.25, 0.3) is 5.69 Å². The number of amides is 3. The van der Waals surface area contributed by atoms with Crippen LogP contribution in [0.2, 0.25) is 0 Å². The van der Waals surface area contributed by atoms with Crippen molar-refractivity contribution in [2.45, 2.75) is 12.2 Å². The first kappa shape index (κ1) is 23.7. The molecule has 2 fully saturated rings. The first-order valence-electron chi connectivity index (χ1n) is 11.5. The summed E-state index contributed by atoms with van der Waals surface area (Å²) in [6.45, 7) is 0.0374. The first-order valence-corrected chi connectivity index (χ1v) is 11.5. The van der Waals surface area contributed by atoms with Gasteiger partial charge in [0.15, 0.2) is 0 Å². The molecule has 3 aromatic carbocycles. The Kier molecular flexibility index (Phi) is 6.38. The van der Waals surface area contributed by atoms with Crippen LogP contribution >= 0.6 is 0 Å². The molecule has 2 heterocycles. The topological polar surface area (TPSA) is 119 Å². The third-order valence-corrected chi connectivity index (χ3v) is 6.25. The highest BCUT2D eigenvalue weighted by Crippen LogP contribution is 2.40. The zero-order chi connectivity index (χ0) is 25.9. The molecule has 2 aliphatic heterocycles. The SMILES string of the molecule is O=C(Oc1ccccc1)N1C(=O)[C@H](C=Cc2ccccc2[N+](=O)[O-])[C@@H]1N1C(=O)OCC1c1ccccc1. The van der Waals surface area contributed by atoms with Crippen LogP contribution in [0.1, 0.15) is 17.2 Å². The third kappa shape index (κ3) is 4.52. The second-order valence-corrected chi connectivity index (χ2v) is 8.41. The number of para-hydroxylation sites is 2. The van der Waals surface area contributed by atoms with Crippen LogP contribution in [0.15, 0.2) is 91.0 Å². The Hall–Kier alpha value is -4.99. The molecule has 3 aromatic rings. The van der Waals surface area contributed by atoms with Crippen molar-refractivity contribution in [1.82, 2.24) is 9.80 Å². The van der Waals surface area contributed by atoms with E-state index < -0.39 is 41.1 Å². The van der Waals surface area contributed by atoms with Crippen molar-refractivity contribution in [3.05, 3.63) is 112 Å². The van der Waals surface area contributed by atoms with E-state index in [1.165, 1.54) is 23.1 Å². The molecule has 3 amide bonds. The maximum Gasteiger partial charge on any atom is 0.423 e. The smallest absolute Gasteiger partial charge is 0.423 e. The fourth-order valence-corrected chi connectivity index (χ4v) is 4.47. The molecule has 1 unspecified atom stereocenters. The van der Waals surface area contributed by atoms with Crippen LogP contribution in [0, 0.1) is 16.0 Å². The number of likely N-dealkylation sites (tertiary alicyclic amines) is 1. The lowest BCUT2D eigenvalue weighted by atomic mass is 9.90. The Morgan fingerprint density at radius 1 is 0.973 bits per heavy atom. The summed E-state index contributed by atoms with van der Waals surface area (Å²) in [5.41, 5.74) is 0.920. The minimum Gasteiger partial charge on any atom is -0.447 e. The van der Waals surface area contributed by atoms with Crippen molar-refractivity contribution < 1.29 is 28.8 Å². The number of hydrogen-bond acceptors (Lipinski definition) is 7. The van der Waals surface area contributed by atoms with Gasteiger partial charge in [-0.1, -0.05) is 72.8 Å².